The van der Waals surface area contributed by atoms with Gasteiger partial charge in [0.25, 0.3) is 5.91 Å². The second-order valence-corrected chi connectivity index (χ2v) is 10.9. The van der Waals surface area contributed by atoms with Gasteiger partial charge in [0.1, 0.15) is 41.3 Å². The average molecular weight is 632 g/mol. The lowest BCUT2D eigenvalue weighted by molar-refractivity contribution is -0.157. The van der Waals surface area contributed by atoms with Crippen LogP contribution in [0.1, 0.15) is 18.9 Å². The van der Waals surface area contributed by atoms with Gasteiger partial charge in [-0.2, -0.15) is 5.26 Å². The standard InChI is InChI=1S/C27H26BrN3O8S/c1-17(16-40(36)12-11-23(33)37-2)26-25(30-22(32)15-38-21-6-4-3-5-18(21)13-29)27(35)31(26)14-24(34)39-20-9-7-19(28)8-10-20/h3-10,16,25-26H,11-12,14-15H2,1-2H3,(H,30,32). The Bertz CT molecular complexity index is 1330. The van der Waals surface area contributed by atoms with Crippen molar-refractivity contribution in [2.75, 3.05) is 26.0 Å². The molecule has 0 bridgehead atoms. The lowest BCUT2D eigenvalue weighted by atomic mass is 9.89. The van der Waals surface area contributed by atoms with Gasteiger partial charge in [0, 0.05) is 4.47 Å². The van der Waals surface area contributed by atoms with Crippen LogP contribution in [0.4, 0.5) is 0 Å². The van der Waals surface area contributed by atoms with Crippen LogP contribution >= 0.6 is 15.9 Å². The number of halogens is 1. The van der Waals surface area contributed by atoms with E-state index in [0.717, 1.165) is 4.47 Å². The Balaban J connectivity index is 1.70. The van der Waals surface area contributed by atoms with Crippen molar-refractivity contribution < 1.29 is 37.9 Å². The predicted molar refractivity (Wildman–Crippen MR) is 147 cm³/mol. The number of carbonyl (C=O) groups is 4. The van der Waals surface area contributed by atoms with Crippen molar-refractivity contribution in [3.8, 4) is 17.6 Å². The van der Waals surface area contributed by atoms with Gasteiger partial charge in [-0.15, -0.1) is 0 Å². The van der Waals surface area contributed by atoms with Crippen LogP contribution < -0.4 is 14.8 Å². The van der Waals surface area contributed by atoms with Crippen LogP contribution in [0.5, 0.6) is 11.5 Å². The summed E-state index contributed by atoms with van der Waals surface area (Å²) < 4.78 is 28.7. The number of nitrogens with one attached hydrogen (secondary N) is 1. The molecule has 3 atom stereocenters. The first-order chi connectivity index (χ1) is 19.1. The number of likely N-dealkylation sites (tertiary alicyclic amines) is 1. The minimum atomic E-state index is -1.58. The summed E-state index contributed by atoms with van der Waals surface area (Å²) >= 11 is 1.71. The number of β-lactam (4-membered cyclic amide) rings is 1. The lowest BCUT2D eigenvalue weighted by Gasteiger charge is -2.46. The third-order valence-corrected chi connectivity index (χ3v) is 7.52. The molecule has 1 aliphatic heterocycles. The summed E-state index contributed by atoms with van der Waals surface area (Å²) in [6.45, 7) is 0.728. The molecule has 1 saturated heterocycles. The molecule has 0 radical (unpaired) electrons. The summed E-state index contributed by atoms with van der Waals surface area (Å²) in [7, 11) is 1.23. The van der Waals surface area contributed by atoms with E-state index in [0.29, 0.717) is 5.57 Å². The summed E-state index contributed by atoms with van der Waals surface area (Å²) in [5.41, 5.74) is 0.692. The zero-order valence-electron chi connectivity index (χ0n) is 21.6. The Kier molecular flexibility index (Phi) is 11.1. The molecule has 210 valence electrons. The molecule has 1 fully saturated rings. The zero-order chi connectivity index (χ0) is 29.2. The van der Waals surface area contributed by atoms with Gasteiger partial charge in [-0.3, -0.25) is 14.4 Å². The number of carbonyl (C=O) groups excluding carboxylic acids is 4. The molecule has 11 nitrogen and oxygen atoms in total. The van der Waals surface area contributed by atoms with Crippen LogP contribution in [-0.4, -0.2) is 71.3 Å². The third-order valence-electron chi connectivity index (χ3n) is 5.75. The SMILES string of the molecule is COC(=O)CC[S+]([O-])C=C(C)C1C(NC(=O)COc2ccccc2C#N)C(=O)N1CC(=O)Oc1ccc(Br)cc1. The molecule has 0 aromatic heterocycles. The molecule has 0 spiro atoms. The molecule has 1 heterocycles. The molecule has 3 unspecified atom stereocenters. The number of benzene rings is 2. The van der Waals surface area contributed by atoms with E-state index >= 15 is 0 Å². The maximum absolute atomic E-state index is 13.0. The van der Waals surface area contributed by atoms with Gasteiger partial charge in [0.05, 0.1) is 25.1 Å². The number of nitrogens with zero attached hydrogens (tertiary/aromatic N) is 2. The number of methoxy groups -OCH3 is 1. The average Bonchev–Trinajstić information content (AvgIpc) is 2.94. The highest BCUT2D eigenvalue weighted by molar-refractivity contribution is 9.10. The van der Waals surface area contributed by atoms with E-state index in [1.807, 2.05) is 6.07 Å². The van der Waals surface area contributed by atoms with Crippen molar-refractivity contribution in [3.63, 3.8) is 0 Å². The molecular weight excluding hydrogens is 606 g/mol. The topological polar surface area (TPSA) is 158 Å². The molecule has 3 rings (SSSR count). The highest BCUT2D eigenvalue weighted by atomic mass is 79.9. The second kappa shape index (κ2) is 14.5. The van der Waals surface area contributed by atoms with Gasteiger partial charge >= 0.3 is 11.9 Å². The maximum atomic E-state index is 13.0. The van der Waals surface area contributed by atoms with Gasteiger partial charge in [-0.05, 0) is 60.1 Å². The Labute approximate surface area is 242 Å². The van der Waals surface area contributed by atoms with Gasteiger partial charge in [-0.1, -0.05) is 28.1 Å². The minimum Gasteiger partial charge on any atom is -0.612 e. The third kappa shape index (κ3) is 8.32. The van der Waals surface area contributed by atoms with E-state index in [1.54, 1.807) is 55.5 Å². The molecule has 1 aliphatic rings. The Hall–Kier alpha value is -3.86. The van der Waals surface area contributed by atoms with E-state index in [4.69, 9.17) is 9.47 Å². The molecule has 0 aliphatic carbocycles. The molecule has 40 heavy (non-hydrogen) atoms. The summed E-state index contributed by atoms with van der Waals surface area (Å²) in [5.74, 6) is -1.90. The van der Waals surface area contributed by atoms with Crippen LogP contribution in [0.3, 0.4) is 0 Å². The highest BCUT2D eigenvalue weighted by Gasteiger charge is 2.50. The summed E-state index contributed by atoms with van der Waals surface area (Å²) in [6.07, 6.45) is -0.0681. The second-order valence-electron chi connectivity index (χ2n) is 8.55. The van der Waals surface area contributed by atoms with Crippen LogP contribution in [-0.2, 0) is 35.1 Å². The predicted octanol–water partition coefficient (Wildman–Crippen LogP) is 2.22. The molecule has 2 amide bonds. The first-order valence-electron chi connectivity index (χ1n) is 11.9. The van der Waals surface area contributed by atoms with Gasteiger partial charge < -0.3 is 29.0 Å². The largest absolute Gasteiger partial charge is 0.612 e. The molecule has 13 heteroatoms. The molecule has 2 aromatic carbocycles. The number of esters is 2. The summed E-state index contributed by atoms with van der Waals surface area (Å²) in [4.78, 5) is 50.9. The van der Waals surface area contributed by atoms with Gasteiger partial charge in [0.2, 0.25) is 5.91 Å². The summed E-state index contributed by atoms with van der Waals surface area (Å²) in [5, 5.41) is 13.2. The van der Waals surface area contributed by atoms with Crippen molar-refractivity contribution in [3.05, 3.63) is 69.5 Å². The number of rotatable bonds is 12. The number of ether oxygens (including phenoxy) is 3. The number of para-hydroxylation sites is 1. The summed E-state index contributed by atoms with van der Waals surface area (Å²) in [6, 6.07) is 13.0. The quantitative estimate of drug-likeness (QED) is 0.160. The normalized spacial score (nSPS) is 17.2. The van der Waals surface area contributed by atoms with Crippen molar-refractivity contribution in [2.45, 2.75) is 25.4 Å². The smallest absolute Gasteiger partial charge is 0.331 e. The molecular formula is C27H26BrN3O8S. The van der Waals surface area contributed by atoms with Crippen LogP contribution in [0.2, 0.25) is 0 Å². The van der Waals surface area contributed by atoms with Gasteiger partial charge in [-0.25, -0.2) is 4.79 Å². The Morgan fingerprint density at radius 3 is 2.55 bits per heavy atom. The number of hydrogen-bond acceptors (Lipinski definition) is 9. The molecule has 1 N–H and O–H groups in total. The molecule has 2 aromatic rings. The monoisotopic (exact) mass is 631 g/mol. The number of hydrogen-bond donors (Lipinski definition) is 1. The van der Waals surface area contributed by atoms with Crippen LogP contribution in [0.15, 0.2) is 64.0 Å². The fourth-order valence-corrected chi connectivity index (χ4v) is 5.15. The number of nitriles is 1. The molecule has 0 saturated carbocycles. The van der Waals surface area contributed by atoms with E-state index in [2.05, 4.69) is 26.0 Å². The van der Waals surface area contributed by atoms with E-state index in [9.17, 15) is 29.0 Å². The highest BCUT2D eigenvalue weighted by Crippen LogP contribution is 2.28. The van der Waals surface area contributed by atoms with Crippen molar-refractivity contribution in [1.82, 2.24) is 10.2 Å². The zero-order valence-corrected chi connectivity index (χ0v) is 24.0. The van der Waals surface area contributed by atoms with E-state index in [-0.39, 0.29) is 29.2 Å². The first kappa shape index (κ1) is 30.7. The minimum absolute atomic E-state index is 0.000540. The van der Waals surface area contributed by atoms with E-state index < -0.39 is 60.2 Å². The van der Waals surface area contributed by atoms with Crippen LogP contribution in [0, 0.1) is 11.3 Å². The number of amides is 2. The Morgan fingerprint density at radius 1 is 1.18 bits per heavy atom. The van der Waals surface area contributed by atoms with Crippen LogP contribution in [0.25, 0.3) is 0 Å². The van der Waals surface area contributed by atoms with Crippen molar-refractivity contribution in [1.29, 1.82) is 5.26 Å². The lowest BCUT2D eigenvalue weighted by Crippen LogP contribution is -2.72. The fraction of sp³-hybridized carbons (Fsp3) is 0.296. The maximum Gasteiger partial charge on any atom is 0.331 e. The van der Waals surface area contributed by atoms with Gasteiger partial charge in [0.15, 0.2) is 6.61 Å². The fourth-order valence-electron chi connectivity index (χ4n) is 3.84. The van der Waals surface area contributed by atoms with Crippen molar-refractivity contribution >= 4 is 50.9 Å². The first-order valence-corrected chi connectivity index (χ1v) is 14.1. The van der Waals surface area contributed by atoms with Crippen molar-refractivity contribution in [2.24, 2.45) is 0 Å². The van der Waals surface area contributed by atoms with E-state index in [1.165, 1.54) is 17.4 Å². The Morgan fingerprint density at radius 2 is 1.88 bits per heavy atom.